The lowest BCUT2D eigenvalue weighted by atomic mass is 10.1. The SMILES string of the molecule is C(#Cc1ccccc1)Cc1ccc2c(c1)CCO2. The summed E-state index contributed by atoms with van der Waals surface area (Å²) in [6.45, 7) is 0.814. The maximum absolute atomic E-state index is 5.49. The molecule has 18 heavy (non-hydrogen) atoms. The average Bonchev–Trinajstić information content (AvgIpc) is 2.87. The van der Waals surface area contributed by atoms with Gasteiger partial charge in [0.05, 0.1) is 6.61 Å². The highest BCUT2D eigenvalue weighted by atomic mass is 16.5. The van der Waals surface area contributed by atoms with Gasteiger partial charge in [0.2, 0.25) is 0 Å². The summed E-state index contributed by atoms with van der Waals surface area (Å²) in [5.41, 5.74) is 3.65. The molecule has 0 amide bonds. The van der Waals surface area contributed by atoms with Gasteiger partial charge in [0.1, 0.15) is 5.75 Å². The molecule has 88 valence electrons. The van der Waals surface area contributed by atoms with E-state index in [1.807, 2.05) is 30.3 Å². The predicted molar refractivity (Wildman–Crippen MR) is 72.7 cm³/mol. The van der Waals surface area contributed by atoms with E-state index in [9.17, 15) is 0 Å². The van der Waals surface area contributed by atoms with Crippen molar-refractivity contribution in [1.29, 1.82) is 0 Å². The van der Waals surface area contributed by atoms with Gasteiger partial charge in [-0.15, -0.1) is 0 Å². The maximum Gasteiger partial charge on any atom is 0.122 e. The van der Waals surface area contributed by atoms with Crippen LogP contribution in [0.3, 0.4) is 0 Å². The molecular weight excluding hydrogens is 220 g/mol. The van der Waals surface area contributed by atoms with Gasteiger partial charge in [-0.3, -0.25) is 0 Å². The minimum atomic E-state index is 0.794. The van der Waals surface area contributed by atoms with Gasteiger partial charge >= 0.3 is 0 Å². The lowest BCUT2D eigenvalue weighted by Crippen LogP contribution is -1.85. The third-order valence-corrected chi connectivity index (χ3v) is 3.05. The Kier molecular flexibility index (Phi) is 3.02. The first-order valence-corrected chi connectivity index (χ1v) is 6.20. The Morgan fingerprint density at radius 1 is 1.06 bits per heavy atom. The van der Waals surface area contributed by atoms with E-state index in [4.69, 9.17) is 4.74 Å². The largest absolute Gasteiger partial charge is 0.493 e. The summed E-state index contributed by atoms with van der Waals surface area (Å²) in [5, 5.41) is 0. The fraction of sp³-hybridized carbons (Fsp3) is 0.176. The molecule has 0 unspecified atom stereocenters. The van der Waals surface area contributed by atoms with Gasteiger partial charge in [0.15, 0.2) is 0 Å². The van der Waals surface area contributed by atoms with Crippen molar-refractivity contribution in [3.05, 3.63) is 65.2 Å². The highest BCUT2D eigenvalue weighted by molar-refractivity contribution is 5.41. The van der Waals surface area contributed by atoms with Crippen LogP contribution in [0, 0.1) is 11.8 Å². The third-order valence-electron chi connectivity index (χ3n) is 3.05. The molecule has 0 saturated heterocycles. The van der Waals surface area contributed by atoms with Crippen LogP contribution in [0.25, 0.3) is 0 Å². The highest BCUT2D eigenvalue weighted by Gasteiger charge is 2.11. The zero-order valence-electron chi connectivity index (χ0n) is 10.1. The van der Waals surface area contributed by atoms with Crippen molar-refractivity contribution in [3.63, 3.8) is 0 Å². The number of benzene rings is 2. The second-order valence-corrected chi connectivity index (χ2v) is 4.39. The summed E-state index contributed by atoms with van der Waals surface area (Å²) in [7, 11) is 0. The topological polar surface area (TPSA) is 9.23 Å². The summed E-state index contributed by atoms with van der Waals surface area (Å²) < 4.78 is 5.49. The molecule has 1 nitrogen and oxygen atoms in total. The fourth-order valence-electron chi connectivity index (χ4n) is 2.12. The fourth-order valence-corrected chi connectivity index (χ4v) is 2.12. The van der Waals surface area contributed by atoms with E-state index < -0.39 is 0 Å². The van der Waals surface area contributed by atoms with Crippen LogP contribution in [0.5, 0.6) is 5.75 Å². The van der Waals surface area contributed by atoms with Crippen LogP contribution < -0.4 is 4.74 Å². The molecule has 0 aliphatic carbocycles. The molecule has 0 atom stereocenters. The van der Waals surface area contributed by atoms with Crippen molar-refractivity contribution in [2.24, 2.45) is 0 Å². The molecule has 2 aromatic carbocycles. The Morgan fingerprint density at radius 3 is 2.83 bits per heavy atom. The lowest BCUT2D eigenvalue weighted by Gasteiger charge is -2.00. The van der Waals surface area contributed by atoms with Crippen molar-refractivity contribution in [2.45, 2.75) is 12.8 Å². The quantitative estimate of drug-likeness (QED) is 0.688. The minimum absolute atomic E-state index is 0.794. The zero-order valence-corrected chi connectivity index (χ0v) is 10.1. The molecule has 2 aromatic rings. The lowest BCUT2D eigenvalue weighted by molar-refractivity contribution is 0.357. The molecule has 1 aliphatic heterocycles. The van der Waals surface area contributed by atoms with Crippen molar-refractivity contribution >= 4 is 0 Å². The normalized spacial score (nSPS) is 12.2. The molecule has 0 aromatic heterocycles. The van der Waals surface area contributed by atoms with Crippen molar-refractivity contribution in [1.82, 2.24) is 0 Å². The van der Waals surface area contributed by atoms with Crippen LogP contribution in [0.2, 0.25) is 0 Å². The summed E-state index contributed by atoms with van der Waals surface area (Å²) in [6, 6.07) is 16.5. The Morgan fingerprint density at radius 2 is 1.94 bits per heavy atom. The molecule has 1 heteroatoms. The molecule has 1 heterocycles. The number of hydrogen-bond acceptors (Lipinski definition) is 1. The van der Waals surface area contributed by atoms with Crippen LogP contribution in [-0.4, -0.2) is 6.61 Å². The molecule has 0 bridgehead atoms. The number of rotatable bonds is 1. The van der Waals surface area contributed by atoms with E-state index in [1.165, 1.54) is 11.1 Å². The minimum Gasteiger partial charge on any atom is -0.493 e. The monoisotopic (exact) mass is 234 g/mol. The van der Waals surface area contributed by atoms with E-state index in [2.05, 4.69) is 30.0 Å². The second-order valence-electron chi connectivity index (χ2n) is 4.39. The highest BCUT2D eigenvalue weighted by Crippen LogP contribution is 2.25. The van der Waals surface area contributed by atoms with Gasteiger partial charge in [0.25, 0.3) is 0 Å². The Labute approximate surface area is 107 Å². The van der Waals surface area contributed by atoms with Gasteiger partial charge in [-0.1, -0.05) is 42.2 Å². The standard InChI is InChI=1S/C17H14O/c1-2-5-14(6-3-1)7-4-8-15-9-10-17-16(13-15)11-12-18-17/h1-3,5-6,9-10,13H,8,11-12H2. The summed E-state index contributed by atoms with van der Waals surface area (Å²) >= 11 is 0. The molecule has 0 radical (unpaired) electrons. The molecule has 0 saturated carbocycles. The van der Waals surface area contributed by atoms with Crippen LogP contribution in [0.15, 0.2) is 48.5 Å². The van der Waals surface area contributed by atoms with Crippen LogP contribution in [0.4, 0.5) is 0 Å². The third kappa shape index (κ3) is 2.38. The predicted octanol–water partition coefficient (Wildman–Crippen LogP) is 3.22. The molecule has 3 rings (SSSR count). The first-order chi connectivity index (χ1) is 8.92. The first kappa shape index (κ1) is 10.9. The summed E-state index contributed by atoms with van der Waals surface area (Å²) in [6.07, 6.45) is 1.82. The van der Waals surface area contributed by atoms with E-state index in [-0.39, 0.29) is 0 Å². The summed E-state index contributed by atoms with van der Waals surface area (Å²) in [4.78, 5) is 0. The van der Waals surface area contributed by atoms with Crippen LogP contribution >= 0.6 is 0 Å². The number of fused-ring (bicyclic) bond motifs is 1. The average molecular weight is 234 g/mol. The summed E-state index contributed by atoms with van der Waals surface area (Å²) in [5.74, 6) is 7.43. The van der Waals surface area contributed by atoms with E-state index in [0.717, 1.165) is 30.8 Å². The van der Waals surface area contributed by atoms with Gasteiger partial charge in [0, 0.05) is 18.4 Å². The molecular formula is C17H14O. The maximum atomic E-state index is 5.49. The molecule has 1 aliphatic rings. The Hall–Kier alpha value is -2.20. The smallest absolute Gasteiger partial charge is 0.122 e. The Bertz CT molecular complexity index is 602. The van der Waals surface area contributed by atoms with Crippen molar-refractivity contribution < 1.29 is 4.74 Å². The number of hydrogen-bond donors (Lipinski definition) is 0. The first-order valence-electron chi connectivity index (χ1n) is 6.20. The van der Waals surface area contributed by atoms with Crippen molar-refractivity contribution in [2.75, 3.05) is 6.61 Å². The Balaban J connectivity index is 1.73. The van der Waals surface area contributed by atoms with Crippen molar-refractivity contribution in [3.8, 4) is 17.6 Å². The zero-order chi connectivity index (χ0) is 12.2. The molecule has 0 fully saturated rings. The van der Waals surface area contributed by atoms with Crippen LogP contribution in [-0.2, 0) is 12.8 Å². The van der Waals surface area contributed by atoms with Crippen LogP contribution in [0.1, 0.15) is 16.7 Å². The van der Waals surface area contributed by atoms with Gasteiger partial charge < -0.3 is 4.74 Å². The van der Waals surface area contributed by atoms with E-state index in [0.29, 0.717) is 0 Å². The van der Waals surface area contributed by atoms with Gasteiger partial charge in [-0.2, -0.15) is 0 Å². The van der Waals surface area contributed by atoms with E-state index in [1.54, 1.807) is 0 Å². The van der Waals surface area contributed by atoms with Gasteiger partial charge in [-0.05, 0) is 29.3 Å². The second kappa shape index (κ2) is 4.98. The number of ether oxygens (including phenoxy) is 1. The molecule has 0 spiro atoms. The molecule has 0 N–H and O–H groups in total. The van der Waals surface area contributed by atoms with E-state index >= 15 is 0 Å². The van der Waals surface area contributed by atoms with Gasteiger partial charge in [-0.25, -0.2) is 0 Å².